The molecular formula is C18H23N3O2. The number of hydrogen-bond acceptors (Lipinski definition) is 3. The third-order valence-corrected chi connectivity index (χ3v) is 3.89. The molecule has 2 aromatic rings. The number of hydrogen-bond donors (Lipinski definition) is 2. The van der Waals surface area contributed by atoms with Gasteiger partial charge in [-0.25, -0.2) is 4.98 Å². The molecular weight excluding hydrogens is 290 g/mol. The summed E-state index contributed by atoms with van der Waals surface area (Å²) in [4.78, 5) is 32.0. The van der Waals surface area contributed by atoms with Crippen molar-refractivity contribution in [2.45, 2.75) is 47.0 Å². The molecule has 1 aromatic carbocycles. The number of nitrogens with one attached hydrogen (secondary N) is 2. The summed E-state index contributed by atoms with van der Waals surface area (Å²) >= 11 is 0. The van der Waals surface area contributed by atoms with Crippen molar-refractivity contribution in [1.29, 1.82) is 0 Å². The molecule has 5 heteroatoms. The van der Waals surface area contributed by atoms with E-state index in [1.54, 1.807) is 6.92 Å². The minimum absolute atomic E-state index is 0.0545. The van der Waals surface area contributed by atoms with Crippen LogP contribution in [0.1, 0.15) is 53.8 Å². The van der Waals surface area contributed by atoms with E-state index in [-0.39, 0.29) is 11.0 Å². The van der Waals surface area contributed by atoms with Gasteiger partial charge in [0.05, 0.1) is 5.69 Å². The van der Waals surface area contributed by atoms with Crippen LogP contribution in [-0.4, -0.2) is 15.9 Å². The van der Waals surface area contributed by atoms with Gasteiger partial charge in [-0.15, -0.1) is 0 Å². The summed E-state index contributed by atoms with van der Waals surface area (Å²) in [7, 11) is 0. The maximum absolute atomic E-state index is 12.5. The van der Waals surface area contributed by atoms with Gasteiger partial charge in [0.1, 0.15) is 11.4 Å². The van der Waals surface area contributed by atoms with Gasteiger partial charge in [0.2, 0.25) is 0 Å². The fourth-order valence-corrected chi connectivity index (χ4v) is 2.28. The molecule has 0 saturated carbocycles. The molecule has 0 aliphatic carbocycles. The molecule has 0 atom stereocenters. The van der Waals surface area contributed by atoms with Gasteiger partial charge in [0.15, 0.2) is 0 Å². The first-order valence-electron chi connectivity index (χ1n) is 7.60. The SMILES string of the molecule is Cc1cccc(NC(=O)c2c(C)nc(C(C)(C)C)[nH]c2=O)c1C. The van der Waals surface area contributed by atoms with Gasteiger partial charge in [-0.3, -0.25) is 9.59 Å². The van der Waals surface area contributed by atoms with Crippen molar-refractivity contribution in [1.82, 2.24) is 9.97 Å². The highest BCUT2D eigenvalue weighted by Gasteiger charge is 2.22. The maximum Gasteiger partial charge on any atom is 0.264 e. The Bertz CT molecular complexity index is 814. The Balaban J connectivity index is 2.41. The van der Waals surface area contributed by atoms with E-state index in [1.165, 1.54) is 0 Å². The van der Waals surface area contributed by atoms with Crippen molar-refractivity contribution < 1.29 is 4.79 Å². The fourth-order valence-electron chi connectivity index (χ4n) is 2.28. The summed E-state index contributed by atoms with van der Waals surface area (Å²) in [5, 5.41) is 2.81. The number of H-pyrrole nitrogens is 1. The molecule has 2 rings (SSSR count). The number of aromatic amines is 1. The van der Waals surface area contributed by atoms with Gasteiger partial charge >= 0.3 is 0 Å². The Labute approximate surface area is 136 Å². The van der Waals surface area contributed by atoms with Crippen LogP contribution < -0.4 is 10.9 Å². The second-order valence-electron chi connectivity index (χ2n) is 6.83. The third kappa shape index (κ3) is 3.50. The van der Waals surface area contributed by atoms with Crippen LogP contribution in [0, 0.1) is 20.8 Å². The lowest BCUT2D eigenvalue weighted by atomic mass is 9.95. The molecule has 0 spiro atoms. The number of carbonyl (C=O) groups excluding carboxylic acids is 1. The first kappa shape index (κ1) is 16.9. The largest absolute Gasteiger partial charge is 0.322 e. The predicted molar refractivity (Wildman–Crippen MR) is 92.2 cm³/mol. The van der Waals surface area contributed by atoms with Crippen LogP contribution in [0.3, 0.4) is 0 Å². The summed E-state index contributed by atoms with van der Waals surface area (Å²) in [6.07, 6.45) is 0. The Morgan fingerprint density at radius 3 is 2.39 bits per heavy atom. The van der Waals surface area contributed by atoms with Crippen LogP contribution in [0.15, 0.2) is 23.0 Å². The van der Waals surface area contributed by atoms with Gasteiger partial charge < -0.3 is 10.3 Å². The third-order valence-electron chi connectivity index (χ3n) is 3.89. The number of carbonyl (C=O) groups is 1. The Morgan fingerprint density at radius 1 is 1.17 bits per heavy atom. The number of benzene rings is 1. The molecule has 0 aliphatic heterocycles. The highest BCUT2D eigenvalue weighted by molar-refractivity contribution is 6.05. The number of amides is 1. The first-order chi connectivity index (χ1) is 10.6. The average molecular weight is 313 g/mol. The lowest BCUT2D eigenvalue weighted by Crippen LogP contribution is -2.30. The number of aromatic nitrogens is 2. The molecule has 2 N–H and O–H groups in total. The second kappa shape index (κ2) is 5.99. The second-order valence-corrected chi connectivity index (χ2v) is 6.83. The van der Waals surface area contributed by atoms with Crippen molar-refractivity contribution in [3.63, 3.8) is 0 Å². The van der Waals surface area contributed by atoms with E-state index in [0.717, 1.165) is 11.1 Å². The molecule has 122 valence electrons. The lowest BCUT2D eigenvalue weighted by molar-refractivity contribution is 0.102. The molecule has 0 bridgehead atoms. The van der Waals surface area contributed by atoms with E-state index in [0.29, 0.717) is 17.2 Å². The predicted octanol–water partition coefficient (Wildman–Crippen LogP) is 3.24. The van der Waals surface area contributed by atoms with Crippen molar-refractivity contribution in [3.05, 3.63) is 56.8 Å². The van der Waals surface area contributed by atoms with Crippen LogP contribution in [0.5, 0.6) is 0 Å². The van der Waals surface area contributed by atoms with Gasteiger partial charge in [-0.05, 0) is 38.0 Å². The zero-order chi connectivity index (χ0) is 17.4. The molecule has 0 saturated heterocycles. The van der Waals surface area contributed by atoms with Crippen molar-refractivity contribution in [2.24, 2.45) is 0 Å². The minimum Gasteiger partial charge on any atom is -0.322 e. The highest BCUT2D eigenvalue weighted by atomic mass is 16.2. The van der Waals surface area contributed by atoms with Crippen LogP contribution in [0.4, 0.5) is 5.69 Å². The number of aryl methyl sites for hydroxylation is 2. The molecule has 0 aliphatic rings. The van der Waals surface area contributed by atoms with E-state index >= 15 is 0 Å². The van der Waals surface area contributed by atoms with Crippen molar-refractivity contribution in [3.8, 4) is 0 Å². The quantitative estimate of drug-likeness (QED) is 0.893. The maximum atomic E-state index is 12.5. The molecule has 0 unspecified atom stereocenters. The molecule has 1 heterocycles. The van der Waals surface area contributed by atoms with Gasteiger partial charge in [0.25, 0.3) is 11.5 Å². The number of rotatable bonds is 2. The van der Waals surface area contributed by atoms with Crippen LogP contribution in [-0.2, 0) is 5.41 Å². The van der Waals surface area contributed by atoms with Crippen LogP contribution >= 0.6 is 0 Å². The monoisotopic (exact) mass is 313 g/mol. The summed E-state index contributed by atoms with van der Waals surface area (Å²) in [5.74, 6) is 0.133. The van der Waals surface area contributed by atoms with Gasteiger partial charge in [0, 0.05) is 11.1 Å². The standard InChI is InChI=1S/C18H23N3O2/c1-10-8-7-9-13(11(10)2)20-15(22)14-12(3)19-17(18(4,5)6)21-16(14)23/h7-9H,1-6H3,(H,20,22)(H,19,21,23). The van der Waals surface area contributed by atoms with E-state index in [2.05, 4.69) is 15.3 Å². The topological polar surface area (TPSA) is 74.8 Å². The smallest absolute Gasteiger partial charge is 0.264 e. The van der Waals surface area contributed by atoms with Crippen molar-refractivity contribution in [2.75, 3.05) is 5.32 Å². The van der Waals surface area contributed by atoms with E-state index in [4.69, 9.17) is 0 Å². The Hall–Kier alpha value is -2.43. The summed E-state index contributed by atoms with van der Waals surface area (Å²) < 4.78 is 0. The lowest BCUT2D eigenvalue weighted by Gasteiger charge is -2.18. The molecule has 1 amide bonds. The Kier molecular flexibility index (Phi) is 4.41. The normalized spacial score (nSPS) is 11.4. The van der Waals surface area contributed by atoms with Crippen molar-refractivity contribution >= 4 is 11.6 Å². The average Bonchev–Trinajstić information content (AvgIpc) is 2.42. The first-order valence-corrected chi connectivity index (χ1v) is 7.60. The zero-order valence-electron chi connectivity index (χ0n) is 14.5. The summed E-state index contributed by atoms with van der Waals surface area (Å²) in [6.45, 7) is 11.5. The zero-order valence-corrected chi connectivity index (χ0v) is 14.5. The van der Waals surface area contributed by atoms with E-state index in [9.17, 15) is 9.59 Å². The van der Waals surface area contributed by atoms with E-state index in [1.807, 2.05) is 52.8 Å². The molecule has 5 nitrogen and oxygen atoms in total. The van der Waals surface area contributed by atoms with Crippen LogP contribution in [0.25, 0.3) is 0 Å². The van der Waals surface area contributed by atoms with Gasteiger partial charge in [-0.1, -0.05) is 32.9 Å². The van der Waals surface area contributed by atoms with Crippen LogP contribution in [0.2, 0.25) is 0 Å². The fraction of sp³-hybridized carbons (Fsp3) is 0.389. The molecule has 23 heavy (non-hydrogen) atoms. The molecule has 0 radical (unpaired) electrons. The molecule has 1 aromatic heterocycles. The summed E-state index contributed by atoms with van der Waals surface area (Å²) in [6, 6.07) is 5.67. The number of anilines is 1. The highest BCUT2D eigenvalue weighted by Crippen LogP contribution is 2.20. The van der Waals surface area contributed by atoms with E-state index < -0.39 is 11.5 Å². The van der Waals surface area contributed by atoms with Gasteiger partial charge in [-0.2, -0.15) is 0 Å². The Morgan fingerprint density at radius 2 is 1.83 bits per heavy atom. The molecule has 0 fully saturated rings. The summed E-state index contributed by atoms with van der Waals surface area (Å²) in [5.41, 5.74) is 2.55. The minimum atomic E-state index is -0.439. The number of nitrogens with zero attached hydrogens (tertiary/aromatic N) is 1.